The van der Waals surface area contributed by atoms with Gasteiger partial charge in [-0.05, 0) is 67.1 Å². The van der Waals surface area contributed by atoms with E-state index < -0.39 is 0 Å². The molecule has 0 aromatic rings. The maximum Gasteiger partial charge on any atom is 0.133 e. The van der Waals surface area contributed by atoms with Crippen molar-refractivity contribution in [2.24, 2.45) is 22.2 Å². The number of hydrogen-bond acceptors (Lipinski definition) is 1. The molecule has 4 saturated carbocycles. The van der Waals surface area contributed by atoms with E-state index in [1.54, 1.807) is 0 Å². The molecular formula is C18H30O. The van der Waals surface area contributed by atoms with Gasteiger partial charge in [0.1, 0.15) is 5.78 Å². The molecule has 0 radical (unpaired) electrons. The van der Waals surface area contributed by atoms with Crippen LogP contribution >= 0.6 is 0 Å². The quantitative estimate of drug-likeness (QED) is 0.671. The molecule has 0 amide bonds. The zero-order chi connectivity index (χ0) is 13.7. The fraction of sp³-hybridized carbons (Fsp3) is 0.944. The van der Waals surface area contributed by atoms with Crippen molar-refractivity contribution in [2.75, 3.05) is 0 Å². The molecule has 4 rings (SSSR count). The van der Waals surface area contributed by atoms with Gasteiger partial charge >= 0.3 is 0 Å². The Hall–Kier alpha value is -0.330. The summed E-state index contributed by atoms with van der Waals surface area (Å²) in [6.45, 7) is 7.18. The maximum atomic E-state index is 12.3. The number of unbranched alkanes of at least 4 members (excludes halogenated alkanes) is 1. The summed E-state index contributed by atoms with van der Waals surface area (Å²) >= 11 is 0. The van der Waals surface area contributed by atoms with Crippen LogP contribution in [-0.2, 0) is 4.79 Å². The Balaban J connectivity index is 1.75. The molecule has 0 aromatic heterocycles. The topological polar surface area (TPSA) is 17.1 Å². The van der Waals surface area contributed by atoms with Gasteiger partial charge in [-0.15, -0.1) is 0 Å². The van der Waals surface area contributed by atoms with E-state index >= 15 is 0 Å². The summed E-state index contributed by atoms with van der Waals surface area (Å²) in [5, 5.41) is 0. The third-order valence-electron chi connectivity index (χ3n) is 6.12. The molecule has 0 aliphatic heterocycles. The van der Waals surface area contributed by atoms with Gasteiger partial charge in [-0.25, -0.2) is 0 Å². The Morgan fingerprint density at radius 2 is 1.68 bits per heavy atom. The number of hydrogen-bond donors (Lipinski definition) is 0. The normalized spacial score (nSPS) is 47.6. The summed E-state index contributed by atoms with van der Waals surface area (Å²) in [4.78, 5) is 12.3. The van der Waals surface area contributed by atoms with E-state index in [4.69, 9.17) is 0 Å². The van der Waals surface area contributed by atoms with Crippen LogP contribution < -0.4 is 0 Å². The Morgan fingerprint density at radius 1 is 1.05 bits per heavy atom. The Labute approximate surface area is 118 Å². The van der Waals surface area contributed by atoms with Gasteiger partial charge in [0.25, 0.3) is 0 Å². The third kappa shape index (κ3) is 2.50. The second-order valence-electron chi connectivity index (χ2n) is 8.95. The van der Waals surface area contributed by atoms with Gasteiger partial charge in [0.15, 0.2) is 0 Å². The monoisotopic (exact) mass is 262 g/mol. The summed E-state index contributed by atoms with van der Waals surface area (Å²) in [7, 11) is 0. The second kappa shape index (κ2) is 4.33. The molecule has 4 aliphatic rings. The van der Waals surface area contributed by atoms with E-state index in [9.17, 15) is 4.79 Å². The highest BCUT2D eigenvalue weighted by molar-refractivity contribution is 5.79. The van der Waals surface area contributed by atoms with E-state index in [2.05, 4.69) is 20.8 Å². The molecule has 0 aromatic carbocycles. The summed E-state index contributed by atoms with van der Waals surface area (Å²) in [5.41, 5.74) is 1.51. The van der Waals surface area contributed by atoms with E-state index in [1.807, 2.05) is 0 Å². The van der Waals surface area contributed by atoms with Crippen LogP contribution in [-0.4, -0.2) is 5.78 Å². The molecule has 1 heteroatoms. The fourth-order valence-electron chi connectivity index (χ4n) is 6.76. The Morgan fingerprint density at radius 3 is 2.21 bits per heavy atom. The van der Waals surface area contributed by atoms with Crippen molar-refractivity contribution in [1.82, 2.24) is 0 Å². The first kappa shape index (κ1) is 13.6. The molecule has 0 heterocycles. The third-order valence-corrected chi connectivity index (χ3v) is 6.12. The van der Waals surface area contributed by atoms with Crippen LogP contribution in [0, 0.1) is 22.2 Å². The number of Topliss-reactive ketones (excluding diaryl/α,β-unsaturated/α-hetero) is 1. The standard InChI is InChI=1S/C18H30O/c1-4-5-6-15(19)10-18-9-14-7-16(2,12-18)11-17(3,8-14)13-18/h14H,4-13H2,1-3H3. The summed E-state index contributed by atoms with van der Waals surface area (Å²) in [5.74, 6) is 1.47. The predicted molar refractivity (Wildman–Crippen MR) is 79.0 cm³/mol. The van der Waals surface area contributed by atoms with Crippen molar-refractivity contribution in [3.8, 4) is 0 Å². The molecular weight excluding hydrogens is 232 g/mol. The first-order valence-electron chi connectivity index (χ1n) is 8.38. The van der Waals surface area contributed by atoms with Gasteiger partial charge in [0, 0.05) is 12.8 Å². The average Bonchev–Trinajstić information content (AvgIpc) is 2.20. The Bertz CT molecular complexity index is 365. The first-order valence-corrected chi connectivity index (χ1v) is 8.38. The van der Waals surface area contributed by atoms with E-state index in [0.29, 0.717) is 22.0 Å². The lowest BCUT2D eigenvalue weighted by atomic mass is 9.39. The van der Waals surface area contributed by atoms with E-state index in [0.717, 1.165) is 31.6 Å². The van der Waals surface area contributed by atoms with Crippen LogP contribution in [0.15, 0.2) is 0 Å². The minimum atomic E-state index is 0.397. The van der Waals surface area contributed by atoms with Crippen LogP contribution in [0.4, 0.5) is 0 Å². The van der Waals surface area contributed by atoms with Gasteiger partial charge in [0.2, 0.25) is 0 Å². The largest absolute Gasteiger partial charge is 0.300 e. The van der Waals surface area contributed by atoms with Crippen molar-refractivity contribution < 1.29 is 4.79 Å². The highest BCUT2D eigenvalue weighted by Crippen LogP contribution is 2.70. The zero-order valence-corrected chi connectivity index (χ0v) is 13.1. The van der Waals surface area contributed by atoms with Crippen LogP contribution in [0.3, 0.4) is 0 Å². The maximum absolute atomic E-state index is 12.3. The van der Waals surface area contributed by atoms with Crippen molar-refractivity contribution in [3.63, 3.8) is 0 Å². The van der Waals surface area contributed by atoms with Crippen LogP contribution in [0.1, 0.15) is 85.0 Å². The lowest BCUT2D eigenvalue weighted by molar-refractivity contribution is -0.155. The van der Waals surface area contributed by atoms with Gasteiger partial charge in [-0.3, -0.25) is 4.79 Å². The van der Waals surface area contributed by atoms with Crippen molar-refractivity contribution >= 4 is 5.78 Å². The zero-order valence-electron chi connectivity index (χ0n) is 13.1. The van der Waals surface area contributed by atoms with Crippen molar-refractivity contribution in [2.45, 2.75) is 85.0 Å². The molecule has 0 saturated heterocycles. The van der Waals surface area contributed by atoms with E-state index in [1.165, 1.54) is 38.5 Å². The average molecular weight is 262 g/mol. The summed E-state index contributed by atoms with van der Waals surface area (Å²) in [6.07, 6.45) is 12.3. The highest BCUT2D eigenvalue weighted by atomic mass is 16.1. The minimum Gasteiger partial charge on any atom is -0.300 e. The van der Waals surface area contributed by atoms with Crippen molar-refractivity contribution in [3.05, 3.63) is 0 Å². The number of carbonyl (C=O) groups excluding carboxylic acids is 1. The molecule has 0 spiro atoms. The first-order chi connectivity index (χ1) is 8.86. The Kier molecular flexibility index (Phi) is 3.11. The van der Waals surface area contributed by atoms with Gasteiger partial charge in [0.05, 0.1) is 0 Å². The van der Waals surface area contributed by atoms with Crippen LogP contribution in [0.5, 0.6) is 0 Å². The van der Waals surface area contributed by atoms with Crippen LogP contribution in [0.25, 0.3) is 0 Å². The summed E-state index contributed by atoms with van der Waals surface area (Å²) in [6, 6.07) is 0. The SMILES string of the molecule is CCCCC(=O)CC12CC3CC(C)(CC(C)(C3)C1)C2. The van der Waals surface area contributed by atoms with Gasteiger partial charge < -0.3 is 0 Å². The summed E-state index contributed by atoms with van der Waals surface area (Å²) < 4.78 is 0. The van der Waals surface area contributed by atoms with Gasteiger partial charge in [-0.1, -0.05) is 27.2 Å². The highest BCUT2D eigenvalue weighted by Gasteiger charge is 2.60. The molecule has 4 aliphatic carbocycles. The number of rotatable bonds is 5. The molecule has 1 nitrogen and oxygen atoms in total. The van der Waals surface area contributed by atoms with Gasteiger partial charge in [-0.2, -0.15) is 0 Å². The van der Waals surface area contributed by atoms with Crippen LogP contribution in [0.2, 0.25) is 0 Å². The molecule has 4 fully saturated rings. The number of ketones is 1. The predicted octanol–water partition coefficient (Wildman–Crippen LogP) is 5.13. The lowest BCUT2D eigenvalue weighted by Gasteiger charge is -2.65. The second-order valence-corrected chi connectivity index (χ2v) is 8.95. The molecule has 108 valence electrons. The fourth-order valence-corrected chi connectivity index (χ4v) is 6.76. The minimum absolute atomic E-state index is 0.397. The molecule has 0 N–H and O–H groups in total. The molecule has 19 heavy (non-hydrogen) atoms. The van der Waals surface area contributed by atoms with E-state index in [-0.39, 0.29) is 0 Å². The lowest BCUT2D eigenvalue weighted by Crippen LogP contribution is -2.55. The smallest absolute Gasteiger partial charge is 0.133 e. The number of carbonyl (C=O) groups is 1. The van der Waals surface area contributed by atoms with Crippen molar-refractivity contribution in [1.29, 1.82) is 0 Å². The molecule has 2 atom stereocenters. The molecule has 2 unspecified atom stereocenters. The molecule has 4 bridgehead atoms.